The summed E-state index contributed by atoms with van der Waals surface area (Å²) in [5.41, 5.74) is 6.15. The van der Waals surface area contributed by atoms with Crippen molar-refractivity contribution in [2.75, 3.05) is 12.3 Å². The number of halogens is 1. The Labute approximate surface area is 105 Å². The molecule has 1 aromatic carbocycles. The topological polar surface area (TPSA) is 66.6 Å². The maximum atomic E-state index is 13.8. The Kier molecular flexibility index (Phi) is 3.02. The van der Waals surface area contributed by atoms with Crippen LogP contribution >= 0.6 is 0 Å². The van der Waals surface area contributed by atoms with Gasteiger partial charge >= 0.3 is 0 Å². The smallest absolute Gasteiger partial charge is 0.254 e. The van der Waals surface area contributed by atoms with E-state index in [2.05, 4.69) is 0 Å². The maximum Gasteiger partial charge on any atom is 0.254 e. The van der Waals surface area contributed by atoms with Crippen LogP contribution in [0.4, 0.5) is 10.1 Å². The van der Waals surface area contributed by atoms with Gasteiger partial charge in [-0.05, 0) is 37.6 Å². The van der Waals surface area contributed by atoms with Crippen molar-refractivity contribution in [3.8, 4) is 0 Å². The van der Waals surface area contributed by atoms with E-state index in [-0.39, 0.29) is 12.5 Å². The Bertz CT molecular complexity index is 482. The molecule has 0 unspecified atom stereocenters. The Hall–Kier alpha value is -1.62. The fourth-order valence-corrected chi connectivity index (χ4v) is 1.97. The molecule has 18 heavy (non-hydrogen) atoms. The molecule has 1 atom stereocenters. The molecule has 0 aliphatic carbocycles. The number of hydrogen-bond acceptors (Lipinski definition) is 3. The third-order valence-corrected chi connectivity index (χ3v) is 3.16. The molecule has 1 heterocycles. The van der Waals surface area contributed by atoms with Crippen molar-refractivity contribution >= 4 is 11.6 Å². The number of rotatable bonds is 3. The molecule has 3 N–H and O–H groups in total. The zero-order valence-electron chi connectivity index (χ0n) is 10.5. The predicted octanol–water partition coefficient (Wildman–Crippen LogP) is 1.33. The van der Waals surface area contributed by atoms with Gasteiger partial charge in [0.15, 0.2) is 0 Å². The number of amides is 1. The average molecular weight is 252 g/mol. The van der Waals surface area contributed by atoms with Crippen molar-refractivity contribution < 1.29 is 14.3 Å². The van der Waals surface area contributed by atoms with Crippen LogP contribution in [0.3, 0.4) is 0 Å². The first kappa shape index (κ1) is 12.8. The molecular formula is C13H17FN2O2. The third kappa shape index (κ3) is 2.31. The number of alkyl halides is 1. The minimum atomic E-state index is -1.48. The molecule has 0 radical (unpaired) electrons. The first-order valence-electron chi connectivity index (χ1n) is 5.83. The fraction of sp³-hybridized carbons (Fsp3) is 0.462. The lowest BCUT2D eigenvalue weighted by Crippen LogP contribution is -2.42. The summed E-state index contributed by atoms with van der Waals surface area (Å²) in [4.78, 5) is 13.4. The molecule has 5 heteroatoms. The van der Waals surface area contributed by atoms with Crippen molar-refractivity contribution in [1.82, 2.24) is 4.90 Å². The maximum absolute atomic E-state index is 13.8. The van der Waals surface area contributed by atoms with E-state index in [9.17, 15) is 14.3 Å². The highest BCUT2D eigenvalue weighted by molar-refractivity contribution is 5.98. The number of nitrogens with zero attached hydrogens (tertiary/aromatic N) is 1. The highest BCUT2D eigenvalue weighted by atomic mass is 19.1. The number of anilines is 1. The number of nitrogen functional groups attached to an aromatic ring is 1. The minimum absolute atomic E-state index is 0.114. The highest BCUT2D eigenvalue weighted by Gasteiger charge is 2.34. The van der Waals surface area contributed by atoms with E-state index in [1.54, 1.807) is 18.2 Å². The van der Waals surface area contributed by atoms with Crippen molar-refractivity contribution in [1.29, 1.82) is 0 Å². The Morgan fingerprint density at radius 3 is 2.83 bits per heavy atom. The molecule has 2 rings (SSSR count). The number of hydrogen-bond donors (Lipinski definition) is 2. The summed E-state index contributed by atoms with van der Waals surface area (Å²) in [7, 11) is 0. The standard InChI is InChI=1S/C13H17FN2O2/c1-13(2,18)11(14)7-16-6-8-5-9(15)3-4-10(8)12(16)17/h3-5,11,18H,6-7,15H2,1-2H3/t11-/m1/s1. The van der Waals surface area contributed by atoms with Crippen LogP contribution in [0, 0.1) is 0 Å². The van der Waals surface area contributed by atoms with Gasteiger partial charge in [-0.15, -0.1) is 0 Å². The summed E-state index contributed by atoms with van der Waals surface area (Å²) in [5, 5.41) is 9.56. The van der Waals surface area contributed by atoms with E-state index in [1.165, 1.54) is 18.7 Å². The van der Waals surface area contributed by atoms with Gasteiger partial charge in [0.2, 0.25) is 0 Å². The Morgan fingerprint density at radius 2 is 2.22 bits per heavy atom. The number of nitrogens with two attached hydrogens (primary N) is 1. The molecule has 0 saturated carbocycles. The van der Waals surface area contributed by atoms with Crippen LogP contribution in [-0.4, -0.2) is 34.2 Å². The van der Waals surface area contributed by atoms with Crippen LogP contribution in [0.2, 0.25) is 0 Å². The zero-order chi connectivity index (χ0) is 13.5. The largest absolute Gasteiger partial charge is 0.399 e. The summed E-state index contributed by atoms with van der Waals surface area (Å²) < 4.78 is 13.8. The number of aliphatic hydroxyl groups is 1. The number of benzene rings is 1. The van der Waals surface area contributed by atoms with Gasteiger partial charge in [-0.2, -0.15) is 0 Å². The predicted molar refractivity (Wildman–Crippen MR) is 66.8 cm³/mol. The van der Waals surface area contributed by atoms with Crippen molar-refractivity contribution in [2.45, 2.75) is 32.2 Å². The van der Waals surface area contributed by atoms with E-state index < -0.39 is 11.8 Å². The van der Waals surface area contributed by atoms with Gasteiger partial charge in [-0.1, -0.05) is 0 Å². The normalized spacial score (nSPS) is 16.9. The minimum Gasteiger partial charge on any atom is -0.399 e. The molecule has 0 bridgehead atoms. The zero-order valence-corrected chi connectivity index (χ0v) is 10.5. The van der Waals surface area contributed by atoms with Gasteiger partial charge < -0.3 is 15.7 Å². The van der Waals surface area contributed by atoms with Crippen LogP contribution in [0.25, 0.3) is 0 Å². The first-order valence-corrected chi connectivity index (χ1v) is 5.83. The second-order valence-electron chi connectivity index (χ2n) is 5.22. The van der Waals surface area contributed by atoms with Gasteiger partial charge in [0, 0.05) is 17.8 Å². The van der Waals surface area contributed by atoms with Crippen LogP contribution in [-0.2, 0) is 6.54 Å². The van der Waals surface area contributed by atoms with E-state index in [0.717, 1.165) is 5.56 Å². The summed E-state index contributed by atoms with van der Waals surface area (Å²) in [5.74, 6) is -0.211. The Balaban J connectivity index is 2.14. The van der Waals surface area contributed by atoms with Gasteiger partial charge in [-0.25, -0.2) is 4.39 Å². The monoisotopic (exact) mass is 252 g/mol. The fourth-order valence-electron chi connectivity index (χ4n) is 1.97. The molecule has 0 aromatic heterocycles. The number of carbonyl (C=O) groups excluding carboxylic acids is 1. The molecule has 0 saturated heterocycles. The lowest BCUT2D eigenvalue weighted by Gasteiger charge is -2.26. The highest BCUT2D eigenvalue weighted by Crippen LogP contribution is 2.26. The SMILES string of the molecule is CC(C)(O)[C@H](F)CN1Cc2cc(N)ccc2C1=O. The van der Waals surface area contributed by atoms with E-state index in [0.29, 0.717) is 17.8 Å². The third-order valence-electron chi connectivity index (χ3n) is 3.16. The second-order valence-corrected chi connectivity index (χ2v) is 5.22. The van der Waals surface area contributed by atoms with Gasteiger partial charge in [0.25, 0.3) is 5.91 Å². The van der Waals surface area contributed by atoms with E-state index in [4.69, 9.17) is 5.73 Å². The van der Waals surface area contributed by atoms with Crippen molar-refractivity contribution in [3.05, 3.63) is 29.3 Å². The van der Waals surface area contributed by atoms with Crippen LogP contribution in [0.15, 0.2) is 18.2 Å². The molecular weight excluding hydrogens is 235 g/mol. The van der Waals surface area contributed by atoms with Gasteiger partial charge in [0.05, 0.1) is 12.1 Å². The molecule has 98 valence electrons. The number of carbonyl (C=O) groups is 1. The molecule has 1 aliphatic rings. The molecule has 4 nitrogen and oxygen atoms in total. The van der Waals surface area contributed by atoms with Crippen molar-refractivity contribution in [3.63, 3.8) is 0 Å². The number of fused-ring (bicyclic) bond motifs is 1. The summed E-state index contributed by atoms with van der Waals surface area (Å²) in [6.45, 7) is 3.01. The molecule has 0 spiro atoms. The van der Waals surface area contributed by atoms with Crippen LogP contribution in [0.5, 0.6) is 0 Å². The molecule has 0 fully saturated rings. The average Bonchev–Trinajstić information content (AvgIpc) is 2.54. The first-order chi connectivity index (χ1) is 8.29. The van der Waals surface area contributed by atoms with Crippen molar-refractivity contribution in [2.24, 2.45) is 0 Å². The van der Waals surface area contributed by atoms with Crippen LogP contribution < -0.4 is 5.73 Å². The summed E-state index contributed by atoms with van der Waals surface area (Å²) in [6, 6.07) is 5.04. The van der Waals surface area contributed by atoms with Crippen LogP contribution in [0.1, 0.15) is 29.8 Å². The Morgan fingerprint density at radius 1 is 1.56 bits per heavy atom. The summed E-state index contributed by atoms with van der Waals surface area (Å²) in [6.07, 6.45) is -1.48. The second kappa shape index (κ2) is 4.24. The summed E-state index contributed by atoms with van der Waals surface area (Å²) >= 11 is 0. The quantitative estimate of drug-likeness (QED) is 0.798. The van der Waals surface area contributed by atoms with Gasteiger partial charge in [-0.3, -0.25) is 4.79 Å². The molecule has 1 aromatic rings. The van der Waals surface area contributed by atoms with E-state index >= 15 is 0 Å². The van der Waals surface area contributed by atoms with Gasteiger partial charge in [0.1, 0.15) is 6.17 Å². The molecule has 1 amide bonds. The van der Waals surface area contributed by atoms with E-state index in [1.807, 2.05) is 0 Å². The molecule has 1 aliphatic heterocycles. The lowest BCUT2D eigenvalue weighted by molar-refractivity contribution is -0.0159. The lowest BCUT2D eigenvalue weighted by atomic mass is 10.0.